The van der Waals surface area contributed by atoms with E-state index in [1.54, 1.807) is 17.0 Å². The SMILES string of the molecule is Cc1nn(Cc2ccccc2)c(C)c1CNC(=O)C1CCCN1C(=O)c1ccco1. The van der Waals surface area contributed by atoms with Crippen molar-refractivity contribution < 1.29 is 14.0 Å². The average Bonchev–Trinajstić information content (AvgIpc) is 3.49. The molecule has 0 radical (unpaired) electrons. The number of hydrogen-bond acceptors (Lipinski definition) is 4. The molecule has 156 valence electrons. The van der Waals surface area contributed by atoms with Crippen LogP contribution in [-0.4, -0.2) is 39.1 Å². The number of likely N-dealkylation sites (tertiary alicyclic amines) is 1. The second-order valence-corrected chi connectivity index (χ2v) is 7.64. The molecule has 4 rings (SSSR count). The number of amides is 2. The van der Waals surface area contributed by atoms with E-state index in [-0.39, 0.29) is 17.6 Å². The Hall–Kier alpha value is -3.35. The zero-order chi connectivity index (χ0) is 21.1. The van der Waals surface area contributed by atoms with Crippen molar-refractivity contribution in [2.45, 2.75) is 45.8 Å². The summed E-state index contributed by atoms with van der Waals surface area (Å²) in [5.41, 5.74) is 4.13. The molecule has 30 heavy (non-hydrogen) atoms. The van der Waals surface area contributed by atoms with Crippen LogP contribution in [0.5, 0.6) is 0 Å². The van der Waals surface area contributed by atoms with Crippen molar-refractivity contribution >= 4 is 11.8 Å². The van der Waals surface area contributed by atoms with Crippen LogP contribution in [0.25, 0.3) is 0 Å². The van der Waals surface area contributed by atoms with Gasteiger partial charge in [0.2, 0.25) is 5.91 Å². The molecule has 1 N–H and O–H groups in total. The van der Waals surface area contributed by atoms with E-state index in [4.69, 9.17) is 4.42 Å². The second kappa shape index (κ2) is 8.57. The molecule has 1 fully saturated rings. The number of carbonyl (C=O) groups excluding carboxylic acids is 2. The number of hydrogen-bond donors (Lipinski definition) is 1. The summed E-state index contributed by atoms with van der Waals surface area (Å²) in [7, 11) is 0. The van der Waals surface area contributed by atoms with Gasteiger partial charge in [-0.25, -0.2) is 0 Å². The Kier molecular flexibility index (Phi) is 5.70. The summed E-state index contributed by atoms with van der Waals surface area (Å²) in [5.74, 6) is -0.105. The fraction of sp³-hybridized carbons (Fsp3) is 0.348. The lowest BCUT2D eigenvalue weighted by Gasteiger charge is -2.23. The number of benzene rings is 1. The number of aryl methyl sites for hydroxylation is 1. The Labute approximate surface area is 175 Å². The standard InChI is InChI=1S/C23H26N4O3/c1-16-19(17(2)27(25-16)15-18-8-4-3-5-9-18)14-24-22(28)20-10-6-12-26(20)23(29)21-11-7-13-30-21/h3-5,7-9,11,13,20H,6,10,12,14-15H2,1-2H3,(H,24,28). The highest BCUT2D eigenvalue weighted by Crippen LogP contribution is 2.21. The molecule has 2 amide bonds. The minimum absolute atomic E-state index is 0.137. The van der Waals surface area contributed by atoms with Gasteiger partial charge in [0.1, 0.15) is 6.04 Å². The van der Waals surface area contributed by atoms with E-state index in [9.17, 15) is 9.59 Å². The third kappa shape index (κ3) is 4.01. The molecule has 2 aromatic heterocycles. The van der Waals surface area contributed by atoms with Crippen LogP contribution in [0.2, 0.25) is 0 Å². The Bertz CT molecular complexity index is 1020. The summed E-state index contributed by atoms with van der Waals surface area (Å²) in [5, 5.41) is 7.66. The molecule has 1 saturated heterocycles. The molecule has 1 aliphatic heterocycles. The van der Waals surface area contributed by atoms with Gasteiger partial charge in [-0.15, -0.1) is 0 Å². The van der Waals surface area contributed by atoms with Crippen LogP contribution in [-0.2, 0) is 17.9 Å². The van der Waals surface area contributed by atoms with Gasteiger partial charge in [0.25, 0.3) is 5.91 Å². The summed E-state index contributed by atoms with van der Waals surface area (Å²) in [6.07, 6.45) is 2.93. The van der Waals surface area contributed by atoms with Gasteiger partial charge in [-0.1, -0.05) is 30.3 Å². The highest BCUT2D eigenvalue weighted by Gasteiger charge is 2.35. The summed E-state index contributed by atoms with van der Waals surface area (Å²) >= 11 is 0. The van der Waals surface area contributed by atoms with Crippen molar-refractivity contribution in [3.8, 4) is 0 Å². The quantitative estimate of drug-likeness (QED) is 0.682. The van der Waals surface area contributed by atoms with Crippen molar-refractivity contribution in [3.63, 3.8) is 0 Å². The van der Waals surface area contributed by atoms with Crippen LogP contribution < -0.4 is 5.32 Å². The van der Waals surface area contributed by atoms with Gasteiger partial charge in [-0.05, 0) is 44.4 Å². The molecule has 1 aliphatic rings. The van der Waals surface area contributed by atoms with Crippen LogP contribution in [0.4, 0.5) is 0 Å². The number of rotatable bonds is 6. The second-order valence-electron chi connectivity index (χ2n) is 7.64. The Morgan fingerprint density at radius 1 is 1.17 bits per heavy atom. The average molecular weight is 406 g/mol. The summed E-state index contributed by atoms with van der Waals surface area (Å²) in [4.78, 5) is 27.1. The van der Waals surface area contributed by atoms with E-state index in [1.807, 2.05) is 36.7 Å². The molecule has 1 unspecified atom stereocenters. The lowest BCUT2D eigenvalue weighted by atomic mass is 10.1. The van der Waals surface area contributed by atoms with Crippen LogP contribution >= 0.6 is 0 Å². The molecular weight excluding hydrogens is 380 g/mol. The first-order chi connectivity index (χ1) is 14.5. The third-order valence-corrected chi connectivity index (χ3v) is 5.69. The fourth-order valence-corrected chi connectivity index (χ4v) is 4.02. The van der Waals surface area contributed by atoms with Crippen molar-refractivity contribution in [2.75, 3.05) is 6.54 Å². The molecule has 0 saturated carbocycles. The Balaban J connectivity index is 1.42. The smallest absolute Gasteiger partial charge is 0.290 e. The van der Waals surface area contributed by atoms with Gasteiger partial charge < -0.3 is 14.6 Å². The van der Waals surface area contributed by atoms with E-state index in [0.717, 1.165) is 23.4 Å². The largest absolute Gasteiger partial charge is 0.459 e. The highest BCUT2D eigenvalue weighted by molar-refractivity contribution is 5.95. The van der Waals surface area contributed by atoms with Gasteiger partial charge >= 0.3 is 0 Å². The van der Waals surface area contributed by atoms with Gasteiger partial charge in [0.05, 0.1) is 18.5 Å². The summed E-state index contributed by atoms with van der Waals surface area (Å²) < 4.78 is 7.18. The lowest BCUT2D eigenvalue weighted by Crippen LogP contribution is -2.45. The minimum atomic E-state index is -0.470. The third-order valence-electron chi connectivity index (χ3n) is 5.69. The maximum atomic E-state index is 12.9. The highest BCUT2D eigenvalue weighted by atomic mass is 16.3. The number of aromatic nitrogens is 2. The molecule has 0 bridgehead atoms. The predicted octanol–water partition coefficient (Wildman–Crippen LogP) is 3.06. The number of carbonyl (C=O) groups is 2. The van der Waals surface area contributed by atoms with Crippen LogP contribution in [0.1, 0.15) is 45.9 Å². The summed E-state index contributed by atoms with van der Waals surface area (Å²) in [6, 6.07) is 13.0. The monoisotopic (exact) mass is 406 g/mol. The van der Waals surface area contributed by atoms with Crippen molar-refractivity contribution in [2.24, 2.45) is 0 Å². The molecule has 0 aliphatic carbocycles. The van der Waals surface area contributed by atoms with E-state index in [2.05, 4.69) is 22.5 Å². The molecule has 3 heterocycles. The van der Waals surface area contributed by atoms with Gasteiger partial charge in [-0.2, -0.15) is 5.10 Å². The molecule has 3 aromatic rings. The molecular formula is C23H26N4O3. The molecule has 1 atom stereocenters. The van der Waals surface area contributed by atoms with Gasteiger partial charge in [0.15, 0.2) is 5.76 Å². The van der Waals surface area contributed by atoms with Crippen LogP contribution in [0.3, 0.4) is 0 Å². The van der Waals surface area contributed by atoms with Crippen molar-refractivity contribution in [1.82, 2.24) is 20.0 Å². The van der Waals surface area contributed by atoms with Gasteiger partial charge in [0, 0.05) is 24.3 Å². The number of nitrogens with zero attached hydrogens (tertiary/aromatic N) is 3. The number of furan rings is 1. The van der Waals surface area contributed by atoms with Gasteiger partial charge in [-0.3, -0.25) is 14.3 Å². The summed E-state index contributed by atoms with van der Waals surface area (Å²) in [6.45, 7) is 5.62. The Morgan fingerprint density at radius 2 is 1.97 bits per heavy atom. The first-order valence-electron chi connectivity index (χ1n) is 10.2. The molecule has 0 spiro atoms. The van der Waals surface area contributed by atoms with E-state index in [1.165, 1.54) is 11.8 Å². The zero-order valence-corrected chi connectivity index (χ0v) is 17.3. The topological polar surface area (TPSA) is 80.4 Å². The van der Waals surface area contributed by atoms with E-state index < -0.39 is 6.04 Å². The maximum absolute atomic E-state index is 12.9. The normalized spacial score (nSPS) is 16.1. The van der Waals surface area contributed by atoms with E-state index in [0.29, 0.717) is 26.1 Å². The maximum Gasteiger partial charge on any atom is 0.290 e. The van der Waals surface area contributed by atoms with Crippen LogP contribution in [0.15, 0.2) is 53.1 Å². The lowest BCUT2D eigenvalue weighted by molar-refractivity contribution is -0.125. The first-order valence-corrected chi connectivity index (χ1v) is 10.2. The van der Waals surface area contributed by atoms with Crippen molar-refractivity contribution in [1.29, 1.82) is 0 Å². The predicted molar refractivity (Wildman–Crippen MR) is 112 cm³/mol. The first kappa shape index (κ1) is 19.9. The van der Waals surface area contributed by atoms with Crippen molar-refractivity contribution in [3.05, 3.63) is 77.0 Å². The zero-order valence-electron chi connectivity index (χ0n) is 17.3. The Morgan fingerprint density at radius 3 is 2.70 bits per heavy atom. The van der Waals surface area contributed by atoms with Crippen LogP contribution in [0, 0.1) is 13.8 Å². The molecule has 7 heteroatoms. The van der Waals surface area contributed by atoms with E-state index >= 15 is 0 Å². The minimum Gasteiger partial charge on any atom is -0.459 e. The fourth-order valence-electron chi connectivity index (χ4n) is 4.02. The molecule has 7 nitrogen and oxygen atoms in total. The molecule has 1 aromatic carbocycles. The number of nitrogens with one attached hydrogen (secondary N) is 1.